The van der Waals surface area contributed by atoms with Crippen LogP contribution in [-0.4, -0.2) is 53.2 Å². The van der Waals surface area contributed by atoms with Gasteiger partial charge in [0.1, 0.15) is 11.5 Å². The molecular formula is C52H102O7. The summed E-state index contributed by atoms with van der Waals surface area (Å²) < 4.78 is 44.4. The van der Waals surface area contributed by atoms with E-state index < -0.39 is 12.6 Å². The van der Waals surface area contributed by atoms with E-state index in [2.05, 4.69) is 41.5 Å². The lowest BCUT2D eigenvalue weighted by Gasteiger charge is -2.29. The van der Waals surface area contributed by atoms with E-state index in [0.717, 1.165) is 62.9 Å². The maximum Gasteiger partial charge on any atom is 0.222 e. The molecule has 0 radical (unpaired) electrons. The predicted octanol–water partition coefficient (Wildman–Crippen LogP) is 16.8. The van der Waals surface area contributed by atoms with E-state index in [0.29, 0.717) is 37.9 Å². The van der Waals surface area contributed by atoms with Gasteiger partial charge in [0.15, 0.2) is 11.5 Å². The van der Waals surface area contributed by atoms with Crippen LogP contribution in [0.15, 0.2) is 23.0 Å². The first-order valence-electron chi connectivity index (χ1n) is 25.8. The van der Waals surface area contributed by atoms with Gasteiger partial charge < -0.3 is 33.2 Å². The van der Waals surface area contributed by atoms with Crippen LogP contribution in [0.4, 0.5) is 0 Å². The van der Waals surface area contributed by atoms with Gasteiger partial charge in [0.2, 0.25) is 12.6 Å². The van der Waals surface area contributed by atoms with Crippen LogP contribution in [-0.2, 0) is 33.2 Å². The summed E-state index contributed by atoms with van der Waals surface area (Å²) >= 11 is 0. The van der Waals surface area contributed by atoms with E-state index in [1.165, 1.54) is 167 Å². The predicted molar refractivity (Wildman–Crippen MR) is 252 cm³/mol. The first-order valence-corrected chi connectivity index (χ1v) is 25.8. The Labute approximate surface area is 368 Å². The number of ether oxygens (including phenoxy) is 7. The fourth-order valence-electron chi connectivity index (χ4n) is 7.49. The van der Waals surface area contributed by atoms with Gasteiger partial charge in [-0.25, -0.2) is 0 Å². The molecule has 0 N–H and O–H groups in total. The van der Waals surface area contributed by atoms with E-state index in [1.54, 1.807) is 14.2 Å². The highest BCUT2D eigenvalue weighted by Crippen LogP contribution is 2.28. The van der Waals surface area contributed by atoms with Gasteiger partial charge in [-0.15, -0.1) is 0 Å². The van der Waals surface area contributed by atoms with E-state index in [1.807, 2.05) is 0 Å². The van der Waals surface area contributed by atoms with Crippen molar-refractivity contribution in [1.29, 1.82) is 0 Å². The molecular weight excluding hydrogens is 737 g/mol. The largest absolute Gasteiger partial charge is 0.494 e. The molecule has 0 fully saturated rings. The number of unbranched alkanes of at least 4 members (excludes halogenated alkanes) is 26. The topological polar surface area (TPSA) is 64.6 Å². The quantitative estimate of drug-likeness (QED) is 0.0343. The minimum absolute atomic E-state index is 0.549. The highest BCUT2D eigenvalue weighted by atomic mass is 16.8. The number of methoxy groups -OCH3 is 2. The average Bonchev–Trinajstić information content (AvgIpc) is 3.25. The van der Waals surface area contributed by atoms with Crippen LogP contribution in [0.5, 0.6) is 0 Å². The highest BCUT2D eigenvalue weighted by molar-refractivity contribution is 5.09. The van der Waals surface area contributed by atoms with E-state index >= 15 is 0 Å². The van der Waals surface area contributed by atoms with Crippen molar-refractivity contribution >= 4 is 0 Å². The fourth-order valence-corrected chi connectivity index (χ4v) is 7.49. The van der Waals surface area contributed by atoms with Gasteiger partial charge in [0, 0.05) is 27.1 Å². The Morgan fingerprint density at radius 3 is 0.763 bits per heavy atom. The van der Waals surface area contributed by atoms with Gasteiger partial charge in [-0.1, -0.05) is 208 Å². The molecule has 0 rings (SSSR count). The third-order valence-corrected chi connectivity index (χ3v) is 11.1. The zero-order chi connectivity index (χ0) is 43.3. The molecule has 0 saturated heterocycles. The van der Waals surface area contributed by atoms with Gasteiger partial charge in [-0.3, -0.25) is 0 Å². The molecule has 0 spiro atoms. The van der Waals surface area contributed by atoms with Crippen molar-refractivity contribution in [2.24, 2.45) is 0 Å². The molecule has 2 atom stereocenters. The van der Waals surface area contributed by atoms with Crippen molar-refractivity contribution in [1.82, 2.24) is 0 Å². The van der Waals surface area contributed by atoms with Gasteiger partial charge in [0.25, 0.3) is 0 Å². The van der Waals surface area contributed by atoms with Crippen LogP contribution in [0.25, 0.3) is 0 Å². The summed E-state index contributed by atoms with van der Waals surface area (Å²) in [4.78, 5) is 0. The first-order chi connectivity index (χ1) is 29.1. The third kappa shape index (κ3) is 33.8. The maximum atomic E-state index is 6.67. The Bertz CT molecular complexity index is 847. The van der Waals surface area contributed by atoms with Crippen LogP contribution < -0.4 is 0 Å². The lowest BCUT2D eigenvalue weighted by molar-refractivity contribution is -0.226. The van der Waals surface area contributed by atoms with Crippen LogP contribution in [0.3, 0.4) is 0 Å². The standard InChI is InChI=1S/C52H102O7/c1-9-15-17-19-21-23-25-27-29-31-33-35-37-39-41-47(55-43-11-3)49(57-45-13-5)51(53-7)59-52(54-8)50(58-46-14-6)48(56-44-12-4)42-40-38-36-34-32-30-28-26-24-22-20-18-16-10-2/h51-52H,9-46H2,1-8H3. The molecule has 0 aliphatic rings. The Hall–Kier alpha value is -1.44. The summed E-state index contributed by atoms with van der Waals surface area (Å²) in [6.45, 7) is 15.4. The first kappa shape index (κ1) is 57.6. The normalized spacial score (nSPS) is 13.6. The summed E-state index contributed by atoms with van der Waals surface area (Å²) in [7, 11) is 3.33. The SMILES string of the molecule is CCCCCCCCCCCCCCCCC(OCCC)=C(OCCC)C(OC)OC(OC)C(OCCC)=C(CCCCCCCCCCCCCCCC)OCCC. The molecule has 0 aliphatic heterocycles. The summed E-state index contributed by atoms with van der Waals surface area (Å²) in [6.07, 6.45) is 40.8. The van der Waals surface area contributed by atoms with Crippen molar-refractivity contribution in [3.8, 4) is 0 Å². The molecule has 0 aromatic carbocycles. The summed E-state index contributed by atoms with van der Waals surface area (Å²) in [6, 6.07) is 0. The number of hydrogen-bond acceptors (Lipinski definition) is 7. The van der Waals surface area contributed by atoms with Crippen molar-refractivity contribution in [2.75, 3.05) is 40.6 Å². The van der Waals surface area contributed by atoms with E-state index in [4.69, 9.17) is 33.2 Å². The highest BCUT2D eigenvalue weighted by Gasteiger charge is 2.31. The molecule has 0 aromatic rings. The minimum atomic E-state index is -0.821. The van der Waals surface area contributed by atoms with Crippen LogP contribution in [0, 0.1) is 0 Å². The molecule has 352 valence electrons. The molecule has 0 aromatic heterocycles. The molecule has 0 heterocycles. The number of hydrogen-bond donors (Lipinski definition) is 0. The molecule has 7 nitrogen and oxygen atoms in total. The number of allylic oxidation sites excluding steroid dienone is 2. The third-order valence-electron chi connectivity index (χ3n) is 11.1. The Morgan fingerprint density at radius 2 is 0.525 bits per heavy atom. The van der Waals surface area contributed by atoms with Gasteiger partial charge in [-0.05, 0) is 38.5 Å². The summed E-state index contributed by atoms with van der Waals surface area (Å²) in [5, 5.41) is 0. The molecule has 0 bridgehead atoms. The molecule has 0 saturated carbocycles. The van der Waals surface area contributed by atoms with Gasteiger partial charge in [0.05, 0.1) is 26.4 Å². The smallest absolute Gasteiger partial charge is 0.222 e. The van der Waals surface area contributed by atoms with E-state index in [-0.39, 0.29) is 0 Å². The van der Waals surface area contributed by atoms with Gasteiger partial charge >= 0.3 is 0 Å². The Kier molecular flexibility index (Phi) is 44.9. The molecule has 2 unspecified atom stereocenters. The molecule has 0 aliphatic carbocycles. The van der Waals surface area contributed by atoms with Crippen molar-refractivity contribution in [2.45, 2.75) is 272 Å². The van der Waals surface area contributed by atoms with E-state index in [9.17, 15) is 0 Å². The van der Waals surface area contributed by atoms with Crippen molar-refractivity contribution in [3.05, 3.63) is 23.0 Å². The number of rotatable bonds is 48. The van der Waals surface area contributed by atoms with Crippen LogP contribution in [0.2, 0.25) is 0 Å². The second kappa shape index (κ2) is 46.1. The lowest BCUT2D eigenvalue weighted by atomic mass is 10.0. The Balaban J connectivity index is 5.50. The summed E-state index contributed by atoms with van der Waals surface area (Å²) in [5.74, 6) is 2.87. The Morgan fingerprint density at radius 1 is 0.288 bits per heavy atom. The minimum Gasteiger partial charge on any atom is -0.494 e. The van der Waals surface area contributed by atoms with Crippen LogP contribution in [0.1, 0.15) is 260 Å². The molecule has 59 heavy (non-hydrogen) atoms. The van der Waals surface area contributed by atoms with Crippen LogP contribution >= 0.6 is 0 Å². The zero-order valence-corrected chi connectivity index (χ0v) is 40.9. The maximum absolute atomic E-state index is 6.67. The average molecular weight is 839 g/mol. The van der Waals surface area contributed by atoms with Crippen molar-refractivity contribution < 1.29 is 33.2 Å². The van der Waals surface area contributed by atoms with Gasteiger partial charge in [-0.2, -0.15) is 0 Å². The second-order valence-corrected chi connectivity index (χ2v) is 16.9. The molecule has 7 heteroatoms. The summed E-state index contributed by atoms with van der Waals surface area (Å²) in [5.41, 5.74) is 0. The fraction of sp³-hybridized carbons (Fsp3) is 0.923. The zero-order valence-electron chi connectivity index (χ0n) is 40.9. The lowest BCUT2D eigenvalue weighted by Crippen LogP contribution is -2.32. The second-order valence-electron chi connectivity index (χ2n) is 16.9. The van der Waals surface area contributed by atoms with Crippen molar-refractivity contribution in [3.63, 3.8) is 0 Å². The molecule has 0 amide bonds. The monoisotopic (exact) mass is 839 g/mol.